The van der Waals surface area contributed by atoms with Gasteiger partial charge in [0.15, 0.2) is 0 Å². The number of amides is 1. The van der Waals surface area contributed by atoms with E-state index in [2.05, 4.69) is 0 Å². The van der Waals surface area contributed by atoms with Crippen molar-refractivity contribution in [1.29, 1.82) is 0 Å². The summed E-state index contributed by atoms with van der Waals surface area (Å²) in [5.41, 5.74) is 0. The fourth-order valence-corrected chi connectivity index (χ4v) is 3.88. The molecule has 1 N–H and O–H groups in total. The summed E-state index contributed by atoms with van der Waals surface area (Å²) in [6.45, 7) is 0. The fourth-order valence-electron chi connectivity index (χ4n) is 1.38. The zero-order valence-corrected chi connectivity index (χ0v) is 12.0. The first-order valence-corrected chi connectivity index (χ1v) is 7.98. The van der Waals surface area contributed by atoms with Gasteiger partial charge in [-0.2, -0.15) is 0 Å². The number of furan rings is 1. The maximum absolute atomic E-state index is 11.8. The van der Waals surface area contributed by atoms with Crippen LogP contribution in [0.4, 0.5) is 0 Å². The Morgan fingerprint density at radius 1 is 1.37 bits per heavy atom. The van der Waals surface area contributed by atoms with Crippen molar-refractivity contribution in [2.75, 3.05) is 0 Å². The smallest absolute Gasteiger partial charge is 0.273 e. The Bertz CT molecular complexity index is 661. The van der Waals surface area contributed by atoms with Crippen LogP contribution in [-0.2, 0) is 21.2 Å². The molecule has 0 radical (unpaired) electrons. The van der Waals surface area contributed by atoms with Gasteiger partial charge in [-0.1, -0.05) is 11.6 Å². The highest BCUT2D eigenvalue weighted by Gasteiger charge is 2.19. The molecule has 1 amide bonds. The highest BCUT2D eigenvalue weighted by atomic mass is 35.5. The quantitative estimate of drug-likeness (QED) is 0.918. The molecule has 0 unspecified atom stereocenters. The Morgan fingerprint density at radius 3 is 2.74 bits per heavy atom. The monoisotopic (exact) mass is 319 g/mol. The fraction of sp³-hybridized carbons (Fsp3) is 0.182. The van der Waals surface area contributed by atoms with E-state index in [9.17, 15) is 13.2 Å². The molecule has 5 nitrogen and oxygen atoms in total. The first-order valence-electron chi connectivity index (χ1n) is 5.31. The lowest BCUT2D eigenvalue weighted by Gasteiger charge is -2.03. The van der Waals surface area contributed by atoms with Crippen LogP contribution in [0.2, 0.25) is 4.34 Å². The molecule has 0 fully saturated rings. The Labute approximate surface area is 119 Å². The van der Waals surface area contributed by atoms with Crippen LogP contribution in [0, 0.1) is 0 Å². The van der Waals surface area contributed by atoms with Crippen molar-refractivity contribution in [3.8, 4) is 0 Å². The van der Waals surface area contributed by atoms with Crippen LogP contribution in [-0.4, -0.2) is 14.3 Å². The average Bonchev–Trinajstić information content (AvgIpc) is 2.96. The van der Waals surface area contributed by atoms with Gasteiger partial charge in [0.2, 0.25) is 5.91 Å². The Morgan fingerprint density at radius 2 is 2.16 bits per heavy atom. The predicted octanol–water partition coefficient (Wildman–Crippen LogP) is 2.43. The van der Waals surface area contributed by atoms with E-state index in [0.717, 1.165) is 11.3 Å². The standard InChI is InChI=1S/C11H10ClNO4S2/c12-9-4-6-11(18-9)19(15,16)13-10(14)5-3-8-2-1-7-17-8/h1-2,4,6-7H,3,5H2,(H,13,14). The summed E-state index contributed by atoms with van der Waals surface area (Å²) in [4.78, 5) is 11.6. The molecule has 2 aromatic rings. The molecule has 0 atom stereocenters. The second kappa shape index (κ2) is 5.77. The third-order valence-electron chi connectivity index (χ3n) is 2.24. The number of carbonyl (C=O) groups is 1. The average molecular weight is 320 g/mol. The summed E-state index contributed by atoms with van der Waals surface area (Å²) >= 11 is 6.56. The lowest BCUT2D eigenvalue weighted by Crippen LogP contribution is -2.30. The number of nitrogens with one attached hydrogen (secondary N) is 1. The molecule has 2 aromatic heterocycles. The van der Waals surface area contributed by atoms with Crippen molar-refractivity contribution < 1.29 is 17.6 Å². The van der Waals surface area contributed by atoms with E-state index in [4.69, 9.17) is 16.0 Å². The van der Waals surface area contributed by atoms with Crippen LogP contribution in [0.15, 0.2) is 39.2 Å². The van der Waals surface area contributed by atoms with Gasteiger partial charge in [0.05, 0.1) is 10.6 Å². The molecule has 0 aliphatic carbocycles. The number of aryl methyl sites for hydroxylation is 1. The summed E-state index contributed by atoms with van der Waals surface area (Å²) in [5.74, 6) is 0.0487. The molecule has 2 heterocycles. The molecular weight excluding hydrogens is 310 g/mol. The molecule has 2 rings (SSSR count). The van der Waals surface area contributed by atoms with Crippen LogP contribution >= 0.6 is 22.9 Å². The van der Waals surface area contributed by atoms with Gasteiger partial charge in [0.25, 0.3) is 10.0 Å². The van der Waals surface area contributed by atoms with Crippen molar-refractivity contribution in [2.24, 2.45) is 0 Å². The number of sulfonamides is 1. The summed E-state index contributed by atoms with van der Waals surface area (Å²) < 4.78 is 31.0. The number of rotatable bonds is 5. The van der Waals surface area contributed by atoms with E-state index < -0.39 is 15.9 Å². The number of carbonyl (C=O) groups excluding carboxylic acids is 1. The van der Waals surface area contributed by atoms with E-state index in [1.165, 1.54) is 18.4 Å². The molecule has 19 heavy (non-hydrogen) atoms. The Hall–Kier alpha value is -1.31. The minimum atomic E-state index is -3.83. The minimum absolute atomic E-state index is 0.0175. The highest BCUT2D eigenvalue weighted by molar-refractivity contribution is 7.92. The molecule has 0 aliphatic heterocycles. The van der Waals surface area contributed by atoms with E-state index >= 15 is 0 Å². The van der Waals surface area contributed by atoms with Crippen LogP contribution in [0.1, 0.15) is 12.2 Å². The minimum Gasteiger partial charge on any atom is -0.469 e. The molecule has 0 bridgehead atoms. The number of thiophene rings is 1. The van der Waals surface area contributed by atoms with Gasteiger partial charge in [0, 0.05) is 12.8 Å². The number of hydrogen-bond acceptors (Lipinski definition) is 5. The lowest BCUT2D eigenvalue weighted by molar-refractivity contribution is -0.119. The van der Waals surface area contributed by atoms with Crippen LogP contribution < -0.4 is 4.72 Å². The maximum atomic E-state index is 11.8. The SMILES string of the molecule is O=C(CCc1ccco1)NS(=O)(=O)c1ccc(Cl)s1. The molecular formula is C11H10ClNO4S2. The van der Waals surface area contributed by atoms with Crippen LogP contribution in [0.5, 0.6) is 0 Å². The van der Waals surface area contributed by atoms with Crippen molar-refractivity contribution >= 4 is 38.9 Å². The van der Waals surface area contributed by atoms with Crippen LogP contribution in [0.25, 0.3) is 0 Å². The lowest BCUT2D eigenvalue weighted by atomic mass is 10.2. The summed E-state index contributed by atoms with van der Waals surface area (Å²) in [6.07, 6.45) is 1.88. The zero-order valence-electron chi connectivity index (χ0n) is 9.63. The molecule has 102 valence electrons. The molecule has 0 saturated carbocycles. The summed E-state index contributed by atoms with van der Waals surface area (Å²) in [5, 5.41) is 0. The Balaban J connectivity index is 1.95. The molecule has 0 saturated heterocycles. The molecule has 0 spiro atoms. The van der Waals surface area contributed by atoms with Gasteiger partial charge >= 0.3 is 0 Å². The van der Waals surface area contributed by atoms with Crippen molar-refractivity contribution in [1.82, 2.24) is 4.72 Å². The van der Waals surface area contributed by atoms with E-state index in [1.54, 1.807) is 12.1 Å². The van der Waals surface area contributed by atoms with Gasteiger partial charge in [0.1, 0.15) is 9.97 Å². The van der Waals surface area contributed by atoms with Gasteiger partial charge in [-0.05, 0) is 24.3 Å². The largest absolute Gasteiger partial charge is 0.469 e. The van der Waals surface area contributed by atoms with Gasteiger partial charge in [-0.25, -0.2) is 13.1 Å². The van der Waals surface area contributed by atoms with E-state index in [0.29, 0.717) is 16.5 Å². The van der Waals surface area contributed by atoms with Crippen molar-refractivity contribution in [2.45, 2.75) is 17.1 Å². The second-order valence-corrected chi connectivity index (χ2v) is 7.29. The first kappa shape index (κ1) is 14.1. The molecule has 0 aliphatic rings. The number of halogens is 1. The second-order valence-electron chi connectivity index (χ2n) is 3.67. The van der Waals surface area contributed by atoms with Crippen molar-refractivity contribution in [3.63, 3.8) is 0 Å². The third kappa shape index (κ3) is 3.82. The van der Waals surface area contributed by atoms with E-state index in [1.807, 2.05) is 4.72 Å². The summed E-state index contributed by atoms with van der Waals surface area (Å²) in [7, 11) is -3.83. The van der Waals surface area contributed by atoms with Gasteiger partial charge < -0.3 is 4.42 Å². The Kier molecular flexibility index (Phi) is 4.28. The highest BCUT2D eigenvalue weighted by Crippen LogP contribution is 2.25. The molecule has 0 aromatic carbocycles. The zero-order chi connectivity index (χ0) is 13.9. The van der Waals surface area contributed by atoms with Gasteiger partial charge in [-0.3, -0.25) is 4.79 Å². The number of hydrogen-bond donors (Lipinski definition) is 1. The summed E-state index contributed by atoms with van der Waals surface area (Å²) in [6, 6.07) is 6.25. The van der Waals surface area contributed by atoms with Crippen LogP contribution in [0.3, 0.4) is 0 Å². The maximum Gasteiger partial charge on any atom is 0.273 e. The van der Waals surface area contributed by atoms with Gasteiger partial charge in [-0.15, -0.1) is 11.3 Å². The predicted molar refractivity (Wildman–Crippen MR) is 71.7 cm³/mol. The third-order valence-corrected chi connectivity index (χ3v) is 5.34. The van der Waals surface area contributed by atoms with Crippen molar-refractivity contribution in [3.05, 3.63) is 40.6 Å². The normalized spacial score (nSPS) is 11.4. The van der Waals surface area contributed by atoms with E-state index in [-0.39, 0.29) is 10.6 Å². The topological polar surface area (TPSA) is 76.4 Å². The first-order chi connectivity index (χ1) is 8.97. The molecule has 8 heteroatoms.